The highest BCUT2D eigenvalue weighted by Gasteiger charge is 2.33. The quantitative estimate of drug-likeness (QED) is 0.670. The van der Waals surface area contributed by atoms with E-state index in [2.05, 4.69) is 15.6 Å². The highest BCUT2D eigenvalue weighted by molar-refractivity contribution is 6.42. The van der Waals surface area contributed by atoms with Crippen LogP contribution in [-0.4, -0.2) is 49.6 Å². The van der Waals surface area contributed by atoms with Gasteiger partial charge in [-0.1, -0.05) is 23.2 Å². The second kappa shape index (κ2) is 9.23. The van der Waals surface area contributed by atoms with Crippen molar-refractivity contribution in [2.45, 2.75) is 12.5 Å². The van der Waals surface area contributed by atoms with Crippen LogP contribution < -0.4 is 15.5 Å². The first-order chi connectivity index (χ1) is 13.5. The fraction of sp³-hybridized carbons (Fsp3) is 0.316. The van der Waals surface area contributed by atoms with E-state index in [-0.39, 0.29) is 11.8 Å². The zero-order valence-electron chi connectivity index (χ0n) is 15.2. The molecule has 3 rings (SSSR count). The first-order valence-electron chi connectivity index (χ1n) is 8.75. The van der Waals surface area contributed by atoms with Gasteiger partial charge < -0.3 is 20.3 Å². The molecule has 28 heavy (non-hydrogen) atoms. The fourth-order valence-electron chi connectivity index (χ4n) is 2.88. The van der Waals surface area contributed by atoms with Gasteiger partial charge in [-0.2, -0.15) is 0 Å². The fourth-order valence-corrected chi connectivity index (χ4v) is 3.18. The number of hydrogen-bond acceptors (Lipinski definition) is 5. The summed E-state index contributed by atoms with van der Waals surface area (Å²) in [5.74, 6) is 0.239. The van der Waals surface area contributed by atoms with Gasteiger partial charge in [0.1, 0.15) is 11.9 Å². The van der Waals surface area contributed by atoms with Gasteiger partial charge in [-0.3, -0.25) is 9.59 Å². The second-order valence-corrected chi connectivity index (χ2v) is 7.07. The number of hydrogen-bond donors (Lipinski definition) is 2. The molecule has 1 aliphatic rings. The van der Waals surface area contributed by atoms with Crippen molar-refractivity contribution in [3.05, 3.63) is 52.1 Å². The number of pyridine rings is 1. The number of ether oxygens (including phenoxy) is 1. The van der Waals surface area contributed by atoms with E-state index in [4.69, 9.17) is 27.9 Å². The number of amides is 2. The Balaban J connectivity index is 1.60. The number of benzene rings is 1. The van der Waals surface area contributed by atoms with Crippen LogP contribution in [0.5, 0.6) is 0 Å². The van der Waals surface area contributed by atoms with E-state index in [0.29, 0.717) is 53.2 Å². The molecule has 0 spiro atoms. The maximum atomic E-state index is 12.7. The van der Waals surface area contributed by atoms with Crippen molar-refractivity contribution in [1.82, 2.24) is 10.3 Å². The molecule has 148 valence electrons. The lowest BCUT2D eigenvalue weighted by Crippen LogP contribution is -2.33. The summed E-state index contributed by atoms with van der Waals surface area (Å²) >= 11 is 12.0. The first-order valence-corrected chi connectivity index (χ1v) is 9.51. The zero-order valence-corrected chi connectivity index (χ0v) is 16.8. The third-order valence-electron chi connectivity index (χ3n) is 4.36. The minimum atomic E-state index is -0.400. The SMILES string of the molecule is COCCNC(=O)c1ccc(NC2CCN(c3ccc(Cl)c(Cl)c3)C2=O)nc1. The predicted octanol–water partition coefficient (Wildman–Crippen LogP) is 2.98. The number of aromatic nitrogens is 1. The van der Waals surface area contributed by atoms with Crippen LogP contribution in [0.4, 0.5) is 11.5 Å². The van der Waals surface area contributed by atoms with Crippen LogP contribution in [0.1, 0.15) is 16.8 Å². The number of methoxy groups -OCH3 is 1. The van der Waals surface area contributed by atoms with Crippen molar-refractivity contribution in [3.8, 4) is 0 Å². The number of nitrogens with one attached hydrogen (secondary N) is 2. The molecule has 2 heterocycles. The number of carbonyl (C=O) groups is 2. The molecule has 1 atom stereocenters. The Bertz CT molecular complexity index is 861. The van der Waals surface area contributed by atoms with Crippen LogP contribution >= 0.6 is 23.2 Å². The van der Waals surface area contributed by atoms with Crippen LogP contribution in [0.3, 0.4) is 0 Å². The summed E-state index contributed by atoms with van der Waals surface area (Å²) in [6.45, 7) is 1.43. The van der Waals surface area contributed by atoms with Crippen LogP contribution in [-0.2, 0) is 9.53 Å². The molecule has 2 amide bonds. The van der Waals surface area contributed by atoms with Gasteiger partial charge >= 0.3 is 0 Å². The summed E-state index contributed by atoms with van der Waals surface area (Å²) < 4.78 is 4.89. The van der Waals surface area contributed by atoms with Crippen molar-refractivity contribution >= 4 is 46.5 Å². The summed E-state index contributed by atoms with van der Waals surface area (Å²) in [5.41, 5.74) is 1.15. The highest BCUT2D eigenvalue weighted by atomic mass is 35.5. The van der Waals surface area contributed by atoms with Crippen molar-refractivity contribution in [2.24, 2.45) is 0 Å². The van der Waals surface area contributed by atoms with E-state index in [1.807, 2.05) is 0 Å². The van der Waals surface area contributed by atoms with Crippen LogP contribution in [0.25, 0.3) is 0 Å². The topological polar surface area (TPSA) is 83.6 Å². The van der Waals surface area contributed by atoms with Crippen molar-refractivity contribution in [2.75, 3.05) is 37.0 Å². The Kier molecular flexibility index (Phi) is 6.72. The standard InChI is InChI=1S/C19H20Cl2N4O3/c1-28-9-7-22-18(26)12-2-5-17(23-11-12)24-16-6-8-25(19(16)27)13-3-4-14(20)15(21)10-13/h2-5,10-11,16H,6-9H2,1H3,(H,22,26)(H,23,24). The van der Waals surface area contributed by atoms with E-state index in [0.717, 1.165) is 0 Å². The van der Waals surface area contributed by atoms with Gasteiger partial charge in [0.25, 0.3) is 5.91 Å². The third kappa shape index (κ3) is 4.73. The molecule has 1 aliphatic heterocycles. The summed E-state index contributed by atoms with van der Waals surface area (Å²) in [6.07, 6.45) is 2.10. The smallest absolute Gasteiger partial charge is 0.252 e. The Morgan fingerprint density at radius 2 is 2.11 bits per heavy atom. The van der Waals surface area contributed by atoms with Gasteiger partial charge in [0.15, 0.2) is 0 Å². The molecule has 9 heteroatoms. The molecular weight excluding hydrogens is 403 g/mol. The molecule has 1 fully saturated rings. The van der Waals surface area contributed by atoms with E-state index >= 15 is 0 Å². The Morgan fingerprint density at radius 3 is 2.79 bits per heavy atom. The van der Waals surface area contributed by atoms with E-state index < -0.39 is 6.04 Å². The van der Waals surface area contributed by atoms with Gasteiger partial charge in [0.05, 0.1) is 22.2 Å². The molecule has 0 bridgehead atoms. The predicted molar refractivity (Wildman–Crippen MR) is 109 cm³/mol. The Labute approximate surface area is 173 Å². The molecule has 0 radical (unpaired) electrons. The van der Waals surface area contributed by atoms with Crippen LogP contribution in [0, 0.1) is 0 Å². The van der Waals surface area contributed by atoms with Gasteiger partial charge in [0, 0.05) is 32.1 Å². The van der Waals surface area contributed by atoms with E-state index in [9.17, 15) is 9.59 Å². The van der Waals surface area contributed by atoms with E-state index in [1.165, 1.54) is 6.20 Å². The molecule has 2 aromatic rings. The lowest BCUT2D eigenvalue weighted by molar-refractivity contribution is -0.117. The molecular formula is C19H20Cl2N4O3. The van der Waals surface area contributed by atoms with Crippen LogP contribution in [0.15, 0.2) is 36.5 Å². The molecule has 1 unspecified atom stereocenters. The summed E-state index contributed by atoms with van der Waals surface area (Å²) in [5, 5.41) is 6.70. The van der Waals surface area contributed by atoms with E-state index in [1.54, 1.807) is 42.3 Å². The second-order valence-electron chi connectivity index (χ2n) is 6.25. The van der Waals surface area contributed by atoms with Gasteiger partial charge in [-0.05, 0) is 36.8 Å². The average Bonchev–Trinajstić information content (AvgIpc) is 3.05. The molecule has 0 saturated carbocycles. The number of rotatable bonds is 7. The number of halogens is 2. The molecule has 1 saturated heterocycles. The minimum absolute atomic E-state index is 0.0680. The molecule has 0 aliphatic carbocycles. The van der Waals surface area contributed by atoms with Crippen LogP contribution in [0.2, 0.25) is 10.0 Å². The summed E-state index contributed by atoms with van der Waals surface area (Å²) in [4.78, 5) is 30.6. The monoisotopic (exact) mass is 422 g/mol. The molecule has 7 nitrogen and oxygen atoms in total. The van der Waals surface area contributed by atoms with Gasteiger partial charge in [-0.25, -0.2) is 4.98 Å². The molecule has 2 N–H and O–H groups in total. The maximum Gasteiger partial charge on any atom is 0.252 e. The lowest BCUT2D eigenvalue weighted by atomic mass is 10.2. The highest BCUT2D eigenvalue weighted by Crippen LogP contribution is 2.30. The van der Waals surface area contributed by atoms with Crippen molar-refractivity contribution < 1.29 is 14.3 Å². The Morgan fingerprint density at radius 1 is 1.29 bits per heavy atom. The zero-order chi connectivity index (χ0) is 20.1. The maximum absolute atomic E-state index is 12.7. The minimum Gasteiger partial charge on any atom is -0.383 e. The lowest BCUT2D eigenvalue weighted by Gasteiger charge is -2.18. The van der Waals surface area contributed by atoms with Gasteiger partial charge in [-0.15, -0.1) is 0 Å². The number of carbonyl (C=O) groups excluding carboxylic acids is 2. The number of nitrogens with zero attached hydrogens (tertiary/aromatic N) is 2. The Hall–Kier alpha value is -2.35. The number of anilines is 2. The largest absolute Gasteiger partial charge is 0.383 e. The normalized spacial score (nSPS) is 16.3. The van der Waals surface area contributed by atoms with Crippen molar-refractivity contribution in [3.63, 3.8) is 0 Å². The molecule has 1 aromatic heterocycles. The van der Waals surface area contributed by atoms with Crippen molar-refractivity contribution in [1.29, 1.82) is 0 Å². The average molecular weight is 423 g/mol. The molecule has 1 aromatic carbocycles. The summed E-state index contributed by atoms with van der Waals surface area (Å²) in [6, 6.07) is 8.06. The van der Waals surface area contributed by atoms with Gasteiger partial charge in [0.2, 0.25) is 5.91 Å². The third-order valence-corrected chi connectivity index (χ3v) is 5.10. The first kappa shape index (κ1) is 20.4. The summed E-state index contributed by atoms with van der Waals surface area (Å²) in [7, 11) is 1.57.